The molecule has 2 rings (SSSR count). The highest BCUT2D eigenvalue weighted by molar-refractivity contribution is 5.95. The maximum absolute atomic E-state index is 13.5. The van der Waals surface area contributed by atoms with Crippen molar-refractivity contribution in [3.05, 3.63) is 35.3 Å². The van der Waals surface area contributed by atoms with Crippen LogP contribution in [0.1, 0.15) is 31.9 Å². The molecule has 0 N–H and O–H groups in total. The van der Waals surface area contributed by atoms with E-state index in [4.69, 9.17) is 10.00 Å². The first-order valence-corrected chi connectivity index (χ1v) is 6.17. The van der Waals surface area contributed by atoms with Gasteiger partial charge in [0.1, 0.15) is 17.5 Å². The summed E-state index contributed by atoms with van der Waals surface area (Å²) in [6, 6.07) is 4.34. The van der Waals surface area contributed by atoms with Crippen LogP contribution in [0.4, 0.5) is 9.18 Å². The highest BCUT2D eigenvalue weighted by Crippen LogP contribution is 2.26. The van der Waals surface area contributed by atoms with E-state index in [-0.39, 0.29) is 5.56 Å². The van der Waals surface area contributed by atoms with E-state index in [1.807, 2.05) is 6.07 Å². The van der Waals surface area contributed by atoms with Crippen molar-refractivity contribution in [1.82, 2.24) is 4.57 Å². The predicted molar refractivity (Wildman–Crippen MR) is 73.0 cm³/mol. The molecule has 5 heteroatoms. The lowest BCUT2D eigenvalue weighted by Gasteiger charge is -2.19. The number of nitriles is 1. The number of benzene rings is 1. The Labute approximate surface area is 116 Å². The third-order valence-electron chi connectivity index (χ3n) is 2.77. The number of nitrogens with zero attached hydrogens (tertiary/aromatic N) is 2. The van der Waals surface area contributed by atoms with Crippen LogP contribution in [0.25, 0.3) is 10.9 Å². The Kier molecular flexibility index (Phi) is 3.26. The van der Waals surface area contributed by atoms with Crippen LogP contribution in [0.2, 0.25) is 0 Å². The van der Waals surface area contributed by atoms with Gasteiger partial charge in [-0.15, -0.1) is 0 Å². The van der Waals surface area contributed by atoms with Crippen LogP contribution >= 0.6 is 0 Å². The number of hydrogen-bond acceptors (Lipinski definition) is 3. The summed E-state index contributed by atoms with van der Waals surface area (Å²) in [5.41, 5.74) is 0.551. The van der Waals surface area contributed by atoms with Crippen LogP contribution in [-0.2, 0) is 4.74 Å². The van der Waals surface area contributed by atoms with E-state index in [1.54, 1.807) is 33.9 Å². The van der Waals surface area contributed by atoms with E-state index in [2.05, 4.69) is 0 Å². The molecule has 0 spiro atoms. The minimum atomic E-state index is -0.644. The second-order valence-electron chi connectivity index (χ2n) is 5.62. The molecule has 0 fully saturated rings. The van der Waals surface area contributed by atoms with Gasteiger partial charge in [0.15, 0.2) is 0 Å². The summed E-state index contributed by atoms with van der Waals surface area (Å²) in [5.74, 6) is -0.501. The Bertz CT molecular complexity index is 733. The molecule has 0 atom stereocenters. The predicted octanol–water partition coefficient (Wildman–Crippen LogP) is 3.74. The van der Waals surface area contributed by atoms with Crippen LogP contribution in [0.15, 0.2) is 18.3 Å². The monoisotopic (exact) mass is 274 g/mol. The van der Waals surface area contributed by atoms with Crippen molar-refractivity contribution < 1.29 is 13.9 Å². The topological polar surface area (TPSA) is 55.0 Å². The zero-order valence-electron chi connectivity index (χ0n) is 11.8. The number of carbonyl (C=O) groups excluding carboxylic acids is 1. The summed E-state index contributed by atoms with van der Waals surface area (Å²) in [4.78, 5) is 12.2. The van der Waals surface area contributed by atoms with E-state index in [0.717, 1.165) is 6.07 Å². The lowest BCUT2D eigenvalue weighted by atomic mass is 10.1. The maximum atomic E-state index is 13.5. The van der Waals surface area contributed by atoms with Gasteiger partial charge in [0.25, 0.3) is 0 Å². The first kappa shape index (κ1) is 14.1. The molecule has 0 saturated carbocycles. The minimum absolute atomic E-state index is 0.110. The molecule has 0 bridgehead atoms. The summed E-state index contributed by atoms with van der Waals surface area (Å²) in [7, 11) is 0. The number of ether oxygens (including phenoxy) is 1. The number of carbonyl (C=O) groups is 1. The third-order valence-corrected chi connectivity index (χ3v) is 2.77. The maximum Gasteiger partial charge on any atom is 0.419 e. The summed E-state index contributed by atoms with van der Waals surface area (Å²) < 4.78 is 20.0. The molecule has 0 aliphatic carbocycles. The SMILES string of the molecule is Cc1cn(C(=O)OC(C)(C)C)c2c(C#N)cc(F)cc12. The minimum Gasteiger partial charge on any atom is -0.443 e. The average molecular weight is 274 g/mol. The van der Waals surface area contributed by atoms with Crippen LogP contribution in [0.3, 0.4) is 0 Å². The molecule has 2 aromatic rings. The Morgan fingerprint density at radius 1 is 1.40 bits per heavy atom. The number of halogens is 1. The van der Waals surface area contributed by atoms with Crippen LogP contribution in [0.5, 0.6) is 0 Å². The molecule has 0 saturated heterocycles. The van der Waals surface area contributed by atoms with Crippen molar-refractivity contribution in [2.75, 3.05) is 0 Å². The summed E-state index contributed by atoms with van der Waals surface area (Å²) in [6.45, 7) is 7.03. The largest absolute Gasteiger partial charge is 0.443 e. The summed E-state index contributed by atoms with van der Waals surface area (Å²) >= 11 is 0. The van der Waals surface area contributed by atoms with Crippen LogP contribution < -0.4 is 0 Å². The zero-order valence-corrected chi connectivity index (χ0v) is 11.8. The van der Waals surface area contributed by atoms with Gasteiger partial charge < -0.3 is 4.74 Å². The molecule has 0 amide bonds. The standard InChI is InChI=1S/C15H15FN2O2/c1-9-8-18(14(19)20-15(2,3)4)13-10(7-17)5-11(16)6-12(9)13/h5-6,8H,1-4H3. The fraction of sp³-hybridized carbons (Fsp3) is 0.333. The first-order chi connectivity index (χ1) is 9.23. The summed E-state index contributed by atoms with van der Waals surface area (Å²) in [5, 5.41) is 9.66. The van der Waals surface area contributed by atoms with Crippen molar-refractivity contribution in [3.63, 3.8) is 0 Å². The van der Waals surface area contributed by atoms with E-state index in [0.29, 0.717) is 16.5 Å². The quantitative estimate of drug-likeness (QED) is 0.735. The van der Waals surface area contributed by atoms with Crippen LogP contribution in [-0.4, -0.2) is 16.3 Å². The van der Waals surface area contributed by atoms with Crippen molar-refractivity contribution in [3.8, 4) is 6.07 Å². The Morgan fingerprint density at radius 2 is 2.05 bits per heavy atom. The first-order valence-electron chi connectivity index (χ1n) is 6.17. The van der Waals surface area contributed by atoms with Crippen LogP contribution in [0, 0.1) is 24.1 Å². The lowest BCUT2D eigenvalue weighted by Crippen LogP contribution is -2.26. The molecule has 1 aromatic carbocycles. The van der Waals surface area contributed by atoms with Gasteiger partial charge in [0.05, 0.1) is 11.1 Å². The fourth-order valence-corrected chi connectivity index (χ4v) is 2.03. The van der Waals surface area contributed by atoms with Gasteiger partial charge in [0.2, 0.25) is 0 Å². The molecule has 20 heavy (non-hydrogen) atoms. The number of fused-ring (bicyclic) bond motifs is 1. The lowest BCUT2D eigenvalue weighted by molar-refractivity contribution is 0.0544. The molecule has 1 heterocycles. The number of hydrogen-bond donors (Lipinski definition) is 0. The molecule has 0 aliphatic rings. The Morgan fingerprint density at radius 3 is 2.60 bits per heavy atom. The molecule has 0 aliphatic heterocycles. The molecule has 1 aromatic heterocycles. The van der Waals surface area contributed by atoms with Gasteiger partial charge in [-0.3, -0.25) is 4.57 Å². The van der Waals surface area contributed by atoms with E-state index < -0.39 is 17.5 Å². The van der Waals surface area contributed by atoms with Crippen molar-refractivity contribution >= 4 is 17.0 Å². The second kappa shape index (κ2) is 4.64. The van der Waals surface area contributed by atoms with Gasteiger partial charge in [-0.25, -0.2) is 9.18 Å². The Hall–Kier alpha value is -2.35. The molecule has 0 unspecified atom stereocenters. The third kappa shape index (κ3) is 2.50. The fourth-order valence-electron chi connectivity index (χ4n) is 2.03. The molecule has 4 nitrogen and oxygen atoms in total. The number of rotatable bonds is 0. The van der Waals surface area contributed by atoms with E-state index >= 15 is 0 Å². The average Bonchev–Trinajstić information content (AvgIpc) is 2.64. The van der Waals surface area contributed by atoms with E-state index in [9.17, 15) is 9.18 Å². The summed E-state index contributed by atoms with van der Waals surface area (Å²) in [6.07, 6.45) is 0.970. The Balaban J connectivity index is 2.67. The van der Waals surface area contributed by atoms with Gasteiger partial charge >= 0.3 is 6.09 Å². The van der Waals surface area contributed by atoms with Gasteiger partial charge in [0, 0.05) is 11.6 Å². The normalized spacial score (nSPS) is 11.4. The molecular formula is C15H15FN2O2. The smallest absolute Gasteiger partial charge is 0.419 e. The van der Waals surface area contributed by atoms with Crippen molar-refractivity contribution in [1.29, 1.82) is 5.26 Å². The van der Waals surface area contributed by atoms with Crippen molar-refractivity contribution in [2.24, 2.45) is 0 Å². The highest BCUT2D eigenvalue weighted by atomic mass is 19.1. The molecular weight excluding hydrogens is 259 g/mol. The van der Waals surface area contributed by atoms with Gasteiger partial charge in [-0.2, -0.15) is 5.26 Å². The van der Waals surface area contributed by atoms with Gasteiger partial charge in [-0.05, 0) is 45.4 Å². The zero-order chi connectivity index (χ0) is 15.1. The number of aryl methyl sites for hydroxylation is 1. The second-order valence-corrected chi connectivity index (χ2v) is 5.62. The number of aromatic nitrogens is 1. The van der Waals surface area contributed by atoms with E-state index in [1.165, 1.54) is 10.6 Å². The van der Waals surface area contributed by atoms with Crippen molar-refractivity contribution in [2.45, 2.75) is 33.3 Å². The highest BCUT2D eigenvalue weighted by Gasteiger charge is 2.22. The molecule has 0 radical (unpaired) electrons. The molecule has 104 valence electrons. The van der Waals surface area contributed by atoms with Gasteiger partial charge in [-0.1, -0.05) is 0 Å².